The summed E-state index contributed by atoms with van der Waals surface area (Å²) < 4.78 is 0. The smallest absolute Gasteiger partial charge is 0.335 e. The lowest BCUT2D eigenvalue weighted by molar-refractivity contribution is 0.0696. The first kappa shape index (κ1) is 11.4. The zero-order valence-electron chi connectivity index (χ0n) is 9.49. The van der Waals surface area contributed by atoms with Gasteiger partial charge < -0.3 is 15.7 Å². The predicted octanol–water partition coefficient (Wildman–Crippen LogP) is 1.30. The standard InChI is InChI=1S/C12H14N2O3/c1-12(6-7-13-11(17)14-12)9-4-2-8(3-5-9)10(15)16/h2-5H,6-7H2,1H3,(H,15,16)(H2,13,14,17). The highest BCUT2D eigenvalue weighted by molar-refractivity contribution is 5.87. The minimum atomic E-state index is -0.948. The molecule has 90 valence electrons. The Balaban J connectivity index is 2.26. The molecule has 1 aliphatic rings. The number of rotatable bonds is 2. The first-order valence-corrected chi connectivity index (χ1v) is 5.41. The molecule has 0 bridgehead atoms. The van der Waals surface area contributed by atoms with Crippen LogP contribution in [0.5, 0.6) is 0 Å². The summed E-state index contributed by atoms with van der Waals surface area (Å²) in [5.74, 6) is -0.948. The number of urea groups is 1. The number of aromatic carboxylic acids is 1. The topological polar surface area (TPSA) is 78.4 Å². The summed E-state index contributed by atoms with van der Waals surface area (Å²) >= 11 is 0. The molecule has 1 heterocycles. The van der Waals surface area contributed by atoms with E-state index in [2.05, 4.69) is 10.6 Å². The highest BCUT2D eigenvalue weighted by Crippen LogP contribution is 2.26. The van der Waals surface area contributed by atoms with Gasteiger partial charge in [0, 0.05) is 6.54 Å². The SMILES string of the molecule is CC1(c2ccc(C(=O)O)cc2)CCNC(=O)N1. The number of carboxylic acids is 1. The maximum Gasteiger partial charge on any atom is 0.335 e. The fourth-order valence-corrected chi connectivity index (χ4v) is 1.98. The van der Waals surface area contributed by atoms with Crippen molar-refractivity contribution in [1.82, 2.24) is 10.6 Å². The van der Waals surface area contributed by atoms with Crippen molar-refractivity contribution < 1.29 is 14.7 Å². The molecule has 1 aromatic rings. The molecule has 5 nitrogen and oxygen atoms in total. The van der Waals surface area contributed by atoms with Gasteiger partial charge in [0.05, 0.1) is 11.1 Å². The van der Waals surface area contributed by atoms with Crippen molar-refractivity contribution in [3.8, 4) is 0 Å². The molecule has 3 N–H and O–H groups in total. The van der Waals surface area contributed by atoms with Gasteiger partial charge in [-0.05, 0) is 31.0 Å². The molecule has 1 unspecified atom stereocenters. The lowest BCUT2D eigenvalue weighted by Crippen LogP contribution is -2.54. The second kappa shape index (κ2) is 4.08. The number of hydrogen-bond donors (Lipinski definition) is 3. The van der Waals surface area contributed by atoms with E-state index in [4.69, 9.17) is 5.11 Å². The first-order chi connectivity index (χ1) is 8.01. The van der Waals surface area contributed by atoms with Gasteiger partial charge >= 0.3 is 12.0 Å². The quantitative estimate of drug-likeness (QED) is 0.721. The Kier molecular flexibility index (Phi) is 2.75. The third-order valence-electron chi connectivity index (χ3n) is 3.07. The fraction of sp³-hybridized carbons (Fsp3) is 0.333. The summed E-state index contributed by atoms with van der Waals surface area (Å²) in [4.78, 5) is 22.1. The number of amides is 2. The third-order valence-corrected chi connectivity index (χ3v) is 3.07. The summed E-state index contributed by atoms with van der Waals surface area (Å²) in [7, 11) is 0. The minimum Gasteiger partial charge on any atom is -0.478 e. The lowest BCUT2D eigenvalue weighted by Gasteiger charge is -2.35. The molecular formula is C12H14N2O3. The van der Waals surface area contributed by atoms with E-state index >= 15 is 0 Å². The van der Waals surface area contributed by atoms with Crippen LogP contribution in [0.2, 0.25) is 0 Å². The van der Waals surface area contributed by atoms with E-state index in [1.54, 1.807) is 24.3 Å². The predicted molar refractivity (Wildman–Crippen MR) is 61.9 cm³/mol. The van der Waals surface area contributed by atoms with Crippen LogP contribution in [0.4, 0.5) is 4.79 Å². The van der Waals surface area contributed by atoms with Crippen molar-refractivity contribution in [1.29, 1.82) is 0 Å². The molecule has 1 saturated heterocycles. The molecule has 2 rings (SSSR count). The Bertz CT molecular complexity index is 455. The van der Waals surface area contributed by atoms with Crippen LogP contribution in [0.1, 0.15) is 29.3 Å². The second-order valence-corrected chi connectivity index (χ2v) is 4.35. The number of nitrogens with one attached hydrogen (secondary N) is 2. The molecule has 1 fully saturated rings. The number of carbonyl (C=O) groups excluding carboxylic acids is 1. The number of carboxylic acid groups (broad SMARTS) is 1. The summed E-state index contributed by atoms with van der Waals surface area (Å²) in [6.45, 7) is 2.55. The molecule has 1 atom stereocenters. The maximum absolute atomic E-state index is 11.3. The minimum absolute atomic E-state index is 0.193. The number of benzene rings is 1. The maximum atomic E-state index is 11.3. The molecule has 1 aliphatic heterocycles. The van der Waals surface area contributed by atoms with Crippen molar-refractivity contribution in [3.63, 3.8) is 0 Å². The Hall–Kier alpha value is -2.04. The van der Waals surface area contributed by atoms with E-state index in [-0.39, 0.29) is 11.6 Å². The molecular weight excluding hydrogens is 220 g/mol. The van der Waals surface area contributed by atoms with Gasteiger partial charge in [0.2, 0.25) is 0 Å². The number of hydrogen-bond acceptors (Lipinski definition) is 2. The van der Waals surface area contributed by atoms with Gasteiger partial charge in [-0.2, -0.15) is 0 Å². The first-order valence-electron chi connectivity index (χ1n) is 5.41. The van der Waals surface area contributed by atoms with Crippen molar-refractivity contribution in [2.75, 3.05) is 6.54 Å². The number of carbonyl (C=O) groups is 2. The van der Waals surface area contributed by atoms with Crippen molar-refractivity contribution >= 4 is 12.0 Å². The molecule has 0 aliphatic carbocycles. The monoisotopic (exact) mass is 234 g/mol. The summed E-state index contributed by atoms with van der Waals surface area (Å²) in [6.07, 6.45) is 0.769. The highest BCUT2D eigenvalue weighted by Gasteiger charge is 2.31. The summed E-state index contributed by atoms with van der Waals surface area (Å²) in [5, 5.41) is 14.4. The van der Waals surface area contributed by atoms with Gasteiger partial charge in [0.15, 0.2) is 0 Å². The van der Waals surface area contributed by atoms with Gasteiger partial charge in [-0.1, -0.05) is 12.1 Å². The third kappa shape index (κ3) is 2.22. The zero-order chi connectivity index (χ0) is 12.5. The molecule has 17 heavy (non-hydrogen) atoms. The second-order valence-electron chi connectivity index (χ2n) is 4.35. The van der Waals surface area contributed by atoms with E-state index in [9.17, 15) is 9.59 Å². The van der Waals surface area contributed by atoms with Crippen LogP contribution in [-0.4, -0.2) is 23.7 Å². The van der Waals surface area contributed by atoms with Crippen LogP contribution in [-0.2, 0) is 5.54 Å². The van der Waals surface area contributed by atoms with Crippen LogP contribution in [0.25, 0.3) is 0 Å². The van der Waals surface area contributed by atoms with Gasteiger partial charge in [-0.15, -0.1) is 0 Å². The average molecular weight is 234 g/mol. The summed E-state index contributed by atoms with van der Waals surface area (Å²) in [5.41, 5.74) is 0.731. The molecule has 2 amide bonds. The summed E-state index contributed by atoms with van der Waals surface area (Å²) in [6, 6.07) is 6.40. The Morgan fingerprint density at radius 2 is 2.00 bits per heavy atom. The van der Waals surface area contributed by atoms with E-state index in [1.807, 2.05) is 6.92 Å². The van der Waals surface area contributed by atoms with Gasteiger partial charge in [-0.25, -0.2) is 9.59 Å². The molecule has 0 aromatic heterocycles. The van der Waals surface area contributed by atoms with E-state index in [0.717, 1.165) is 12.0 Å². The average Bonchev–Trinajstić information content (AvgIpc) is 2.29. The molecule has 5 heteroatoms. The van der Waals surface area contributed by atoms with Gasteiger partial charge in [-0.3, -0.25) is 0 Å². The van der Waals surface area contributed by atoms with Crippen LogP contribution in [0.3, 0.4) is 0 Å². The van der Waals surface area contributed by atoms with Crippen molar-refractivity contribution in [2.24, 2.45) is 0 Å². The Morgan fingerprint density at radius 3 is 2.53 bits per heavy atom. The fourth-order valence-electron chi connectivity index (χ4n) is 1.98. The zero-order valence-corrected chi connectivity index (χ0v) is 9.49. The molecule has 1 aromatic carbocycles. The van der Waals surface area contributed by atoms with Gasteiger partial charge in [0.1, 0.15) is 0 Å². The van der Waals surface area contributed by atoms with Crippen LogP contribution in [0, 0.1) is 0 Å². The van der Waals surface area contributed by atoms with E-state index < -0.39 is 11.5 Å². The Labute approximate surface area is 98.8 Å². The highest BCUT2D eigenvalue weighted by atomic mass is 16.4. The normalized spacial score (nSPS) is 23.7. The van der Waals surface area contributed by atoms with E-state index in [1.165, 1.54) is 0 Å². The van der Waals surface area contributed by atoms with Crippen LogP contribution in [0.15, 0.2) is 24.3 Å². The molecule has 0 saturated carbocycles. The lowest BCUT2D eigenvalue weighted by atomic mass is 9.87. The largest absolute Gasteiger partial charge is 0.478 e. The van der Waals surface area contributed by atoms with E-state index in [0.29, 0.717) is 6.54 Å². The Morgan fingerprint density at radius 1 is 1.35 bits per heavy atom. The van der Waals surface area contributed by atoms with Gasteiger partial charge in [0.25, 0.3) is 0 Å². The van der Waals surface area contributed by atoms with Crippen LogP contribution >= 0.6 is 0 Å². The van der Waals surface area contributed by atoms with Crippen molar-refractivity contribution in [2.45, 2.75) is 18.9 Å². The molecule has 0 spiro atoms. The molecule has 0 radical (unpaired) electrons. The van der Waals surface area contributed by atoms with Crippen LogP contribution < -0.4 is 10.6 Å². The van der Waals surface area contributed by atoms with Crippen molar-refractivity contribution in [3.05, 3.63) is 35.4 Å².